The standard InChI is InChI=1S/C26H35ClN4O4S/c1-20(26(33)28-23-10-6-4-7-11-23)30(18-21-14-16-22(27)17-15-21)25(32)19-31(36(34,35)29(2)3)24-12-8-5-9-13-24/h5,8-9,12-17,20,23H,4,6-7,10-11,18-19H2,1-3H3,(H,28,33). The number of halogens is 1. The first-order chi connectivity index (χ1) is 17.1. The van der Waals surface area contributed by atoms with E-state index in [-0.39, 0.29) is 18.5 Å². The molecule has 2 aromatic rings. The number of para-hydroxylation sites is 1. The number of benzene rings is 2. The highest BCUT2D eigenvalue weighted by Gasteiger charge is 2.33. The minimum absolute atomic E-state index is 0.0936. The molecule has 10 heteroatoms. The Morgan fingerprint density at radius 1 is 1.00 bits per heavy atom. The molecule has 0 spiro atoms. The Hall–Kier alpha value is -2.62. The number of anilines is 1. The maximum atomic E-state index is 13.7. The van der Waals surface area contributed by atoms with Gasteiger partial charge in [0.25, 0.3) is 0 Å². The molecule has 2 aromatic carbocycles. The molecule has 196 valence electrons. The van der Waals surface area contributed by atoms with Crippen LogP contribution in [0.15, 0.2) is 54.6 Å². The van der Waals surface area contributed by atoms with Gasteiger partial charge in [-0.15, -0.1) is 0 Å². The number of nitrogens with one attached hydrogen (secondary N) is 1. The average Bonchev–Trinajstić information content (AvgIpc) is 2.87. The van der Waals surface area contributed by atoms with Gasteiger partial charge in [0.05, 0.1) is 5.69 Å². The third kappa shape index (κ3) is 7.21. The summed E-state index contributed by atoms with van der Waals surface area (Å²) in [6, 6.07) is 14.8. The SMILES string of the molecule is CC(C(=O)NC1CCCCC1)N(Cc1ccc(Cl)cc1)C(=O)CN(c1ccccc1)S(=O)(=O)N(C)C. The summed E-state index contributed by atoms with van der Waals surface area (Å²) in [5.74, 6) is -0.725. The summed E-state index contributed by atoms with van der Waals surface area (Å²) in [6.45, 7) is 1.37. The number of hydrogen-bond acceptors (Lipinski definition) is 4. The van der Waals surface area contributed by atoms with Gasteiger partial charge in [0.2, 0.25) is 11.8 Å². The van der Waals surface area contributed by atoms with E-state index in [0.717, 1.165) is 39.9 Å². The fraction of sp³-hybridized carbons (Fsp3) is 0.462. The quantitative estimate of drug-likeness (QED) is 0.502. The molecule has 2 amide bonds. The molecule has 0 bridgehead atoms. The highest BCUT2D eigenvalue weighted by Crippen LogP contribution is 2.22. The molecule has 1 aliphatic rings. The monoisotopic (exact) mass is 534 g/mol. The lowest BCUT2D eigenvalue weighted by atomic mass is 9.95. The van der Waals surface area contributed by atoms with E-state index < -0.39 is 28.7 Å². The van der Waals surface area contributed by atoms with Gasteiger partial charge < -0.3 is 10.2 Å². The Labute approximate surface area is 219 Å². The maximum Gasteiger partial charge on any atom is 0.304 e. The number of carbonyl (C=O) groups excluding carboxylic acids is 2. The van der Waals surface area contributed by atoms with Gasteiger partial charge in [-0.1, -0.05) is 61.2 Å². The van der Waals surface area contributed by atoms with Crippen LogP contribution in [0.3, 0.4) is 0 Å². The highest BCUT2D eigenvalue weighted by atomic mass is 35.5. The van der Waals surface area contributed by atoms with Crippen molar-refractivity contribution in [2.24, 2.45) is 0 Å². The zero-order valence-electron chi connectivity index (χ0n) is 21.1. The third-order valence-electron chi connectivity index (χ3n) is 6.45. The van der Waals surface area contributed by atoms with E-state index in [4.69, 9.17) is 11.6 Å². The van der Waals surface area contributed by atoms with E-state index in [0.29, 0.717) is 10.7 Å². The topological polar surface area (TPSA) is 90.0 Å². The molecule has 1 N–H and O–H groups in total. The Bertz CT molecular complexity index is 1120. The number of rotatable bonds is 10. The lowest BCUT2D eigenvalue weighted by Crippen LogP contribution is -2.53. The first-order valence-electron chi connectivity index (χ1n) is 12.2. The highest BCUT2D eigenvalue weighted by molar-refractivity contribution is 7.90. The molecule has 1 fully saturated rings. The zero-order chi connectivity index (χ0) is 26.3. The van der Waals surface area contributed by atoms with Crippen LogP contribution in [-0.2, 0) is 26.3 Å². The second-order valence-corrected chi connectivity index (χ2v) is 11.8. The fourth-order valence-electron chi connectivity index (χ4n) is 4.25. The predicted octanol–water partition coefficient (Wildman–Crippen LogP) is 3.82. The van der Waals surface area contributed by atoms with E-state index in [1.54, 1.807) is 61.5 Å². The van der Waals surface area contributed by atoms with Crippen LogP contribution in [-0.4, -0.2) is 62.2 Å². The van der Waals surface area contributed by atoms with E-state index in [1.165, 1.54) is 25.4 Å². The van der Waals surface area contributed by atoms with Crippen LogP contribution in [0.2, 0.25) is 5.02 Å². The summed E-state index contributed by atoms with van der Waals surface area (Å²) in [4.78, 5) is 28.3. The Morgan fingerprint density at radius 2 is 1.61 bits per heavy atom. The van der Waals surface area contributed by atoms with E-state index in [2.05, 4.69) is 5.32 Å². The molecule has 36 heavy (non-hydrogen) atoms. The van der Waals surface area contributed by atoms with E-state index in [1.807, 2.05) is 0 Å². The van der Waals surface area contributed by atoms with Crippen molar-refractivity contribution in [3.63, 3.8) is 0 Å². The number of amides is 2. The predicted molar refractivity (Wildman–Crippen MR) is 143 cm³/mol. The maximum absolute atomic E-state index is 13.7. The van der Waals surface area contributed by atoms with Gasteiger partial charge in [-0.05, 0) is 49.6 Å². The van der Waals surface area contributed by atoms with Crippen molar-refractivity contribution >= 4 is 39.3 Å². The van der Waals surface area contributed by atoms with E-state index in [9.17, 15) is 18.0 Å². The summed E-state index contributed by atoms with van der Waals surface area (Å²) >= 11 is 6.03. The fourth-order valence-corrected chi connectivity index (χ4v) is 5.43. The molecular formula is C26H35ClN4O4S. The van der Waals surface area contributed by atoms with Crippen molar-refractivity contribution in [1.82, 2.24) is 14.5 Å². The minimum atomic E-state index is -3.97. The zero-order valence-corrected chi connectivity index (χ0v) is 22.6. The van der Waals surface area contributed by atoms with Gasteiger partial charge in [-0.3, -0.25) is 9.59 Å². The first-order valence-corrected chi connectivity index (χ1v) is 14.0. The summed E-state index contributed by atoms with van der Waals surface area (Å²) in [7, 11) is -1.13. The lowest BCUT2D eigenvalue weighted by Gasteiger charge is -2.33. The molecule has 0 heterocycles. The molecular weight excluding hydrogens is 500 g/mol. The average molecular weight is 535 g/mol. The Balaban J connectivity index is 1.88. The van der Waals surface area contributed by atoms with Crippen LogP contribution in [0.1, 0.15) is 44.6 Å². The normalized spacial score (nSPS) is 15.4. The molecule has 0 saturated heterocycles. The van der Waals surface area contributed by atoms with E-state index >= 15 is 0 Å². The smallest absolute Gasteiger partial charge is 0.304 e. The summed E-state index contributed by atoms with van der Waals surface area (Å²) in [5.41, 5.74) is 1.15. The molecule has 8 nitrogen and oxygen atoms in total. The van der Waals surface area contributed by atoms with Crippen molar-refractivity contribution < 1.29 is 18.0 Å². The second-order valence-electron chi connectivity index (χ2n) is 9.30. The van der Waals surface area contributed by atoms with Crippen LogP contribution < -0.4 is 9.62 Å². The van der Waals surface area contributed by atoms with Crippen LogP contribution in [0.5, 0.6) is 0 Å². The molecule has 0 aromatic heterocycles. The molecule has 1 unspecified atom stereocenters. The van der Waals surface area contributed by atoms with Crippen molar-refractivity contribution in [2.45, 2.75) is 57.7 Å². The van der Waals surface area contributed by atoms with Gasteiger partial charge in [0.1, 0.15) is 12.6 Å². The summed E-state index contributed by atoms with van der Waals surface area (Å²) < 4.78 is 28.4. The van der Waals surface area contributed by atoms with Crippen LogP contribution in [0.4, 0.5) is 5.69 Å². The molecule has 0 aliphatic heterocycles. The molecule has 1 aliphatic carbocycles. The first kappa shape index (κ1) is 28.0. The molecule has 0 radical (unpaired) electrons. The van der Waals surface area contributed by atoms with Crippen LogP contribution >= 0.6 is 11.6 Å². The molecule has 1 saturated carbocycles. The van der Waals surface area contributed by atoms with Crippen LogP contribution in [0.25, 0.3) is 0 Å². The molecule has 3 rings (SSSR count). The summed E-state index contributed by atoms with van der Waals surface area (Å²) in [6.07, 6.45) is 5.15. The third-order valence-corrected chi connectivity index (χ3v) is 8.52. The number of carbonyl (C=O) groups is 2. The Morgan fingerprint density at radius 3 is 2.19 bits per heavy atom. The van der Waals surface area contributed by atoms with Crippen LogP contribution in [0, 0.1) is 0 Å². The number of nitrogens with zero attached hydrogens (tertiary/aromatic N) is 3. The number of hydrogen-bond donors (Lipinski definition) is 1. The van der Waals surface area contributed by atoms with Crippen molar-refractivity contribution in [3.05, 3.63) is 65.2 Å². The van der Waals surface area contributed by atoms with Gasteiger partial charge in [0.15, 0.2) is 0 Å². The van der Waals surface area contributed by atoms with Crippen molar-refractivity contribution in [2.75, 3.05) is 24.9 Å². The summed E-state index contributed by atoms with van der Waals surface area (Å²) in [5, 5.41) is 3.65. The Kier molecular flexibility index (Phi) is 9.76. The largest absolute Gasteiger partial charge is 0.352 e. The van der Waals surface area contributed by atoms with Gasteiger partial charge in [-0.2, -0.15) is 12.7 Å². The lowest BCUT2D eigenvalue weighted by molar-refractivity contribution is -0.139. The second kappa shape index (κ2) is 12.6. The van der Waals surface area contributed by atoms with Gasteiger partial charge in [-0.25, -0.2) is 4.31 Å². The van der Waals surface area contributed by atoms with Crippen molar-refractivity contribution in [3.8, 4) is 0 Å². The van der Waals surface area contributed by atoms with Crippen molar-refractivity contribution in [1.29, 1.82) is 0 Å². The van der Waals surface area contributed by atoms with Gasteiger partial charge >= 0.3 is 10.2 Å². The minimum Gasteiger partial charge on any atom is -0.352 e. The molecule has 1 atom stereocenters. The van der Waals surface area contributed by atoms with Gasteiger partial charge in [0, 0.05) is 31.7 Å².